The minimum absolute atomic E-state index is 0.601. The third kappa shape index (κ3) is 2.72. The van der Waals surface area contributed by atoms with E-state index >= 15 is 0 Å². The Bertz CT molecular complexity index is 567. The molecular weight excluding hydrogens is 258 g/mol. The molecule has 7 nitrogen and oxygen atoms in total. The number of methoxy groups -OCH3 is 1. The number of nitrogens with one attached hydrogen (secondary N) is 1. The fraction of sp³-hybridized carbons (Fsp3) is 0.462. The molecule has 7 heteroatoms. The van der Waals surface area contributed by atoms with Gasteiger partial charge in [-0.25, -0.2) is 4.98 Å². The lowest BCUT2D eigenvalue weighted by Crippen LogP contribution is -2.12. The summed E-state index contributed by atoms with van der Waals surface area (Å²) in [5.41, 5.74) is 0.924. The number of pyridine rings is 1. The molecule has 1 N–H and O–H groups in total. The molecule has 3 rings (SSSR count). The second-order valence-electron chi connectivity index (χ2n) is 4.49. The summed E-state index contributed by atoms with van der Waals surface area (Å²) in [6, 6.07) is 3.75. The highest BCUT2D eigenvalue weighted by molar-refractivity contribution is 5.42. The van der Waals surface area contributed by atoms with Gasteiger partial charge < -0.3 is 19.4 Å². The lowest BCUT2D eigenvalue weighted by molar-refractivity contribution is 0.139. The molecule has 1 aliphatic heterocycles. The Balaban J connectivity index is 1.67. The van der Waals surface area contributed by atoms with Crippen molar-refractivity contribution in [1.29, 1.82) is 0 Å². The van der Waals surface area contributed by atoms with E-state index in [1.54, 1.807) is 13.3 Å². The standard InChI is InChI=1S/C13H17N5O2/c1-19-13-3-2-10(8-15-13)14-9-12-17-16-11-4-6-20-7-5-18(11)12/h2-3,8,14H,4-7,9H2,1H3. The molecule has 0 atom stereocenters. The highest BCUT2D eigenvalue weighted by Gasteiger charge is 2.14. The first-order chi connectivity index (χ1) is 9.86. The number of aromatic nitrogens is 4. The molecule has 3 heterocycles. The fourth-order valence-corrected chi connectivity index (χ4v) is 2.15. The summed E-state index contributed by atoms with van der Waals surface area (Å²) in [4.78, 5) is 4.15. The van der Waals surface area contributed by atoms with Crippen LogP contribution in [0, 0.1) is 0 Å². The van der Waals surface area contributed by atoms with Crippen molar-refractivity contribution in [2.24, 2.45) is 0 Å². The second kappa shape index (κ2) is 5.87. The highest BCUT2D eigenvalue weighted by atomic mass is 16.5. The van der Waals surface area contributed by atoms with Crippen LogP contribution in [0.3, 0.4) is 0 Å². The summed E-state index contributed by atoms with van der Waals surface area (Å²) in [7, 11) is 1.60. The first kappa shape index (κ1) is 12.9. The first-order valence-corrected chi connectivity index (χ1v) is 6.59. The van der Waals surface area contributed by atoms with E-state index in [2.05, 4.69) is 25.1 Å². The molecule has 0 amide bonds. The van der Waals surface area contributed by atoms with E-state index in [0.29, 0.717) is 25.6 Å². The van der Waals surface area contributed by atoms with Crippen LogP contribution in [0.25, 0.3) is 0 Å². The maximum atomic E-state index is 5.45. The Kier molecular flexibility index (Phi) is 3.78. The quantitative estimate of drug-likeness (QED) is 0.892. The average Bonchev–Trinajstić information content (AvgIpc) is 2.72. The Morgan fingerprint density at radius 2 is 2.30 bits per heavy atom. The zero-order valence-corrected chi connectivity index (χ0v) is 11.4. The maximum Gasteiger partial charge on any atom is 0.213 e. The van der Waals surface area contributed by atoms with Gasteiger partial charge in [-0.15, -0.1) is 10.2 Å². The molecule has 1 aliphatic rings. The number of hydrogen-bond donors (Lipinski definition) is 1. The Morgan fingerprint density at radius 3 is 3.10 bits per heavy atom. The molecule has 0 aromatic carbocycles. The zero-order valence-electron chi connectivity index (χ0n) is 11.4. The summed E-state index contributed by atoms with van der Waals surface area (Å²) in [5.74, 6) is 2.51. The van der Waals surface area contributed by atoms with Crippen molar-refractivity contribution in [1.82, 2.24) is 19.7 Å². The number of hydrogen-bond acceptors (Lipinski definition) is 6. The molecule has 20 heavy (non-hydrogen) atoms. The summed E-state index contributed by atoms with van der Waals surface area (Å²) in [6.07, 6.45) is 2.55. The summed E-state index contributed by atoms with van der Waals surface area (Å²) < 4.78 is 12.6. The van der Waals surface area contributed by atoms with Crippen molar-refractivity contribution in [3.05, 3.63) is 30.0 Å². The van der Waals surface area contributed by atoms with Gasteiger partial charge in [0.15, 0.2) is 5.82 Å². The molecule has 0 aliphatic carbocycles. The van der Waals surface area contributed by atoms with E-state index in [1.165, 1.54) is 0 Å². The van der Waals surface area contributed by atoms with Gasteiger partial charge in [-0.1, -0.05) is 0 Å². The van der Waals surface area contributed by atoms with Crippen molar-refractivity contribution in [2.75, 3.05) is 25.6 Å². The number of anilines is 1. The normalized spacial score (nSPS) is 14.4. The van der Waals surface area contributed by atoms with Crippen molar-refractivity contribution in [2.45, 2.75) is 19.5 Å². The molecule has 106 valence electrons. The van der Waals surface area contributed by atoms with Crippen LogP contribution >= 0.6 is 0 Å². The Hall–Kier alpha value is -2.15. The average molecular weight is 275 g/mol. The third-order valence-electron chi connectivity index (χ3n) is 3.23. The van der Waals surface area contributed by atoms with E-state index in [4.69, 9.17) is 9.47 Å². The van der Waals surface area contributed by atoms with Gasteiger partial charge in [-0.3, -0.25) is 0 Å². The van der Waals surface area contributed by atoms with Gasteiger partial charge in [0.2, 0.25) is 5.88 Å². The predicted octanol–water partition coefficient (Wildman–Crippen LogP) is 0.866. The van der Waals surface area contributed by atoms with Crippen molar-refractivity contribution < 1.29 is 9.47 Å². The van der Waals surface area contributed by atoms with E-state index in [1.807, 2.05) is 12.1 Å². The molecule has 0 spiro atoms. The van der Waals surface area contributed by atoms with Crippen LogP contribution in [-0.4, -0.2) is 40.1 Å². The van der Waals surface area contributed by atoms with Gasteiger partial charge in [0.25, 0.3) is 0 Å². The first-order valence-electron chi connectivity index (χ1n) is 6.59. The van der Waals surface area contributed by atoms with E-state index in [9.17, 15) is 0 Å². The molecular formula is C13H17N5O2. The molecule has 0 unspecified atom stereocenters. The number of fused-ring (bicyclic) bond motifs is 1. The number of rotatable bonds is 4. The monoisotopic (exact) mass is 275 g/mol. The molecule has 0 fully saturated rings. The van der Waals surface area contributed by atoms with Gasteiger partial charge >= 0.3 is 0 Å². The van der Waals surface area contributed by atoms with Crippen molar-refractivity contribution in [3.8, 4) is 5.88 Å². The van der Waals surface area contributed by atoms with Gasteiger partial charge in [-0.2, -0.15) is 0 Å². The van der Waals surface area contributed by atoms with Crippen LogP contribution in [0.5, 0.6) is 5.88 Å². The van der Waals surface area contributed by atoms with Crippen LogP contribution in [0.4, 0.5) is 5.69 Å². The fourth-order valence-electron chi connectivity index (χ4n) is 2.15. The SMILES string of the molecule is COc1ccc(NCc2nnc3n2CCOCC3)cn1. The van der Waals surface area contributed by atoms with Crippen LogP contribution in [0.2, 0.25) is 0 Å². The predicted molar refractivity (Wildman–Crippen MR) is 72.7 cm³/mol. The van der Waals surface area contributed by atoms with Gasteiger partial charge in [0, 0.05) is 19.0 Å². The lowest BCUT2D eigenvalue weighted by Gasteiger charge is -2.08. The lowest BCUT2D eigenvalue weighted by atomic mass is 10.4. The van der Waals surface area contributed by atoms with Gasteiger partial charge in [0.05, 0.1) is 38.8 Å². The minimum atomic E-state index is 0.601. The molecule has 0 saturated heterocycles. The van der Waals surface area contributed by atoms with Crippen LogP contribution < -0.4 is 10.1 Å². The number of ether oxygens (including phenoxy) is 2. The van der Waals surface area contributed by atoms with E-state index in [-0.39, 0.29) is 0 Å². The van der Waals surface area contributed by atoms with E-state index < -0.39 is 0 Å². The van der Waals surface area contributed by atoms with Crippen LogP contribution in [0.1, 0.15) is 11.6 Å². The summed E-state index contributed by atoms with van der Waals surface area (Å²) in [5, 5.41) is 11.7. The Morgan fingerprint density at radius 1 is 1.35 bits per heavy atom. The Labute approximate surface area is 116 Å². The number of nitrogens with zero attached hydrogens (tertiary/aromatic N) is 4. The molecule has 0 saturated carbocycles. The van der Waals surface area contributed by atoms with E-state index in [0.717, 1.165) is 30.3 Å². The van der Waals surface area contributed by atoms with Crippen LogP contribution in [-0.2, 0) is 24.2 Å². The van der Waals surface area contributed by atoms with Crippen LogP contribution in [0.15, 0.2) is 18.3 Å². The molecule has 2 aromatic rings. The largest absolute Gasteiger partial charge is 0.481 e. The zero-order chi connectivity index (χ0) is 13.8. The maximum absolute atomic E-state index is 5.45. The summed E-state index contributed by atoms with van der Waals surface area (Å²) >= 11 is 0. The highest BCUT2D eigenvalue weighted by Crippen LogP contribution is 2.13. The van der Waals surface area contributed by atoms with Gasteiger partial charge in [-0.05, 0) is 6.07 Å². The molecule has 0 bridgehead atoms. The third-order valence-corrected chi connectivity index (χ3v) is 3.23. The minimum Gasteiger partial charge on any atom is -0.481 e. The van der Waals surface area contributed by atoms with Gasteiger partial charge in [0.1, 0.15) is 5.82 Å². The molecule has 2 aromatic heterocycles. The smallest absolute Gasteiger partial charge is 0.213 e. The second-order valence-corrected chi connectivity index (χ2v) is 4.49. The van der Waals surface area contributed by atoms with Crippen molar-refractivity contribution in [3.63, 3.8) is 0 Å². The topological polar surface area (TPSA) is 74.1 Å². The summed E-state index contributed by atoms with van der Waals surface area (Å²) in [6.45, 7) is 2.84. The molecule has 0 radical (unpaired) electrons. The van der Waals surface area contributed by atoms with Crippen molar-refractivity contribution >= 4 is 5.69 Å².